The molecule has 28 heavy (non-hydrogen) atoms. The predicted octanol–water partition coefficient (Wildman–Crippen LogP) is -0.498. The van der Waals surface area contributed by atoms with Gasteiger partial charge in [0.2, 0.25) is 5.60 Å². The van der Waals surface area contributed by atoms with E-state index in [0.29, 0.717) is 0 Å². The Labute approximate surface area is 154 Å². The summed E-state index contributed by atoms with van der Waals surface area (Å²) in [5, 5.41) is 34.2. The van der Waals surface area contributed by atoms with Crippen LogP contribution >= 0.6 is 0 Å². The molecule has 3 rings (SSSR count). The Kier molecular flexibility index (Phi) is 4.66. The number of methoxy groups -OCH3 is 1. The summed E-state index contributed by atoms with van der Waals surface area (Å²) in [5.41, 5.74) is 3.22. The van der Waals surface area contributed by atoms with Gasteiger partial charge in [0.1, 0.15) is 36.2 Å². The van der Waals surface area contributed by atoms with Crippen LogP contribution in [0.5, 0.6) is 0 Å². The van der Waals surface area contributed by atoms with Gasteiger partial charge in [0.15, 0.2) is 11.7 Å². The Balaban J connectivity index is 2.14. The van der Waals surface area contributed by atoms with Crippen LogP contribution in [0.15, 0.2) is 18.5 Å². The Morgan fingerprint density at radius 3 is 2.75 bits per heavy atom. The molecule has 2 aromatic heterocycles. The van der Waals surface area contributed by atoms with Gasteiger partial charge in [-0.1, -0.05) is 0 Å². The number of hydrogen-bond donors (Lipinski definition) is 3. The summed E-state index contributed by atoms with van der Waals surface area (Å²) in [4.78, 5) is 15.4. The maximum absolute atomic E-state index is 13.4. The third kappa shape index (κ3) is 2.73. The van der Waals surface area contributed by atoms with Gasteiger partial charge in [-0.2, -0.15) is 23.5 Å². The number of ether oxygens (including phenoxy) is 2. The monoisotopic (exact) mass is 401 g/mol. The molecule has 0 bridgehead atoms. The van der Waals surface area contributed by atoms with Crippen LogP contribution in [0.2, 0.25) is 0 Å². The number of anilines is 1. The molecule has 0 spiro atoms. The fourth-order valence-electron chi connectivity index (χ4n) is 3.22. The lowest BCUT2D eigenvalue weighted by Crippen LogP contribution is -2.46. The zero-order chi connectivity index (χ0) is 20.9. The van der Waals surface area contributed by atoms with Gasteiger partial charge in [-0.05, 0) is 12.1 Å². The van der Waals surface area contributed by atoms with Crippen LogP contribution in [0.1, 0.15) is 5.69 Å². The van der Waals surface area contributed by atoms with Gasteiger partial charge in [0, 0.05) is 0 Å². The topological polar surface area (TPSA) is 156 Å². The summed E-state index contributed by atoms with van der Waals surface area (Å²) >= 11 is 0. The third-order valence-electron chi connectivity index (χ3n) is 4.56. The molecular formula is C15H14F3N5O5. The molecule has 10 nitrogen and oxygen atoms in total. The maximum atomic E-state index is 13.4. The summed E-state index contributed by atoms with van der Waals surface area (Å²) in [7, 11) is 0.733. The van der Waals surface area contributed by atoms with Crippen molar-refractivity contribution in [1.29, 1.82) is 5.26 Å². The van der Waals surface area contributed by atoms with E-state index in [1.165, 1.54) is 12.1 Å². The summed E-state index contributed by atoms with van der Waals surface area (Å²) < 4.78 is 50.7. The average molecular weight is 401 g/mol. The van der Waals surface area contributed by atoms with E-state index in [4.69, 9.17) is 10.5 Å². The van der Waals surface area contributed by atoms with Crippen molar-refractivity contribution in [2.45, 2.75) is 30.1 Å². The second kappa shape index (κ2) is 6.59. The van der Waals surface area contributed by atoms with E-state index < -0.39 is 42.0 Å². The number of aliphatic hydroxyl groups is 2. The van der Waals surface area contributed by atoms with E-state index in [1.54, 1.807) is 6.07 Å². The molecule has 1 unspecified atom stereocenters. The Morgan fingerprint density at radius 2 is 2.18 bits per heavy atom. The van der Waals surface area contributed by atoms with Crippen LogP contribution in [0, 0.1) is 17.2 Å². The Morgan fingerprint density at radius 1 is 1.50 bits per heavy atom. The molecule has 5 atom stereocenters. The first kappa shape index (κ1) is 19.8. The molecule has 1 aliphatic heterocycles. The molecule has 0 radical (unpaired) electrons. The van der Waals surface area contributed by atoms with Crippen LogP contribution in [-0.4, -0.2) is 62.4 Å². The molecule has 0 aromatic carbocycles. The Bertz CT molecular complexity index is 958. The van der Waals surface area contributed by atoms with E-state index >= 15 is 0 Å². The summed E-state index contributed by atoms with van der Waals surface area (Å²) in [6.07, 6.45) is -10.8. The number of rotatable bonds is 3. The maximum Gasteiger partial charge on any atom is 0.404 e. The highest BCUT2D eigenvalue weighted by Gasteiger charge is 2.65. The van der Waals surface area contributed by atoms with Gasteiger partial charge in [-0.3, -0.25) is 4.79 Å². The van der Waals surface area contributed by atoms with E-state index in [0.717, 1.165) is 18.0 Å². The van der Waals surface area contributed by atoms with Crippen LogP contribution in [-0.2, 0) is 19.9 Å². The fraction of sp³-hybridized carbons (Fsp3) is 0.467. The standard InChI is InChI=1S/C15H14F3N5O5/c1-27-13(26)8(15(16,17)18)10-9(24)11(25)14(4-19,28-10)7-3-2-6-12(20)21-5-22-23(6)7/h2-3,5,8-11,24-25H,1H3,(H2,20,21,22)/t8?,9-,10-,11-,14+/m1/s1. The van der Waals surface area contributed by atoms with E-state index in [9.17, 15) is 33.4 Å². The van der Waals surface area contributed by atoms with Crippen molar-refractivity contribution >= 4 is 17.3 Å². The van der Waals surface area contributed by atoms with Crippen molar-refractivity contribution in [3.63, 3.8) is 0 Å². The molecule has 1 fully saturated rings. The molecule has 150 valence electrons. The number of nitrogen functional groups attached to an aromatic ring is 1. The number of hydrogen-bond acceptors (Lipinski definition) is 9. The van der Waals surface area contributed by atoms with Gasteiger partial charge >= 0.3 is 12.1 Å². The zero-order valence-electron chi connectivity index (χ0n) is 14.2. The molecule has 3 heterocycles. The van der Waals surface area contributed by atoms with Crippen LogP contribution in [0.25, 0.3) is 5.52 Å². The zero-order valence-corrected chi connectivity index (χ0v) is 14.2. The number of nitrogens with two attached hydrogens (primary N) is 1. The lowest BCUT2D eigenvalue weighted by molar-refractivity contribution is -0.226. The average Bonchev–Trinajstić information content (AvgIpc) is 3.17. The third-order valence-corrected chi connectivity index (χ3v) is 4.56. The van der Waals surface area contributed by atoms with Gasteiger partial charge in [-0.15, -0.1) is 0 Å². The van der Waals surface area contributed by atoms with Crippen LogP contribution < -0.4 is 5.73 Å². The highest BCUT2D eigenvalue weighted by atomic mass is 19.4. The van der Waals surface area contributed by atoms with Gasteiger partial charge < -0.3 is 25.4 Å². The van der Waals surface area contributed by atoms with Crippen molar-refractivity contribution in [2.24, 2.45) is 5.92 Å². The molecular weight excluding hydrogens is 387 g/mol. The second-order valence-electron chi connectivity index (χ2n) is 6.07. The number of aliphatic hydroxyl groups excluding tert-OH is 2. The number of fused-ring (bicyclic) bond motifs is 1. The molecule has 0 aliphatic carbocycles. The predicted molar refractivity (Wildman–Crippen MR) is 83.1 cm³/mol. The largest absolute Gasteiger partial charge is 0.468 e. The number of esters is 1. The minimum atomic E-state index is -5.17. The highest BCUT2D eigenvalue weighted by Crippen LogP contribution is 2.45. The van der Waals surface area contributed by atoms with Gasteiger partial charge in [0.25, 0.3) is 0 Å². The first-order chi connectivity index (χ1) is 13.1. The van der Waals surface area contributed by atoms with E-state index in [2.05, 4.69) is 14.8 Å². The number of aromatic nitrogens is 3. The second-order valence-corrected chi connectivity index (χ2v) is 6.07. The van der Waals surface area contributed by atoms with E-state index in [-0.39, 0.29) is 17.0 Å². The first-order valence-electron chi connectivity index (χ1n) is 7.77. The van der Waals surface area contributed by atoms with Gasteiger partial charge in [-0.25, -0.2) is 9.50 Å². The number of alkyl halides is 3. The summed E-state index contributed by atoms with van der Waals surface area (Å²) in [5.74, 6) is -4.66. The highest BCUT2D eigenvalue weighted by molar-refractivity contribution is 5.74. The minimum absolute atomic E-state index is 0.00153. The number of halogens is 3. The van der Waals surface area contributed by atoms with Crippen molar-refractivity contribution in [3.05, 3.63) is 24.2 Å². The number of carbonyl (C=O) groups is 1. The molecule has 2 aromatic rings. The first-order valence-corrected chi connectivity index (χ1v) is 7.77. The quantitative estimate of drug-likeness (QED) is 0.577. The van der Waals surface area contributed by atoms with Crippen molar-refractivity contribution in [2.75, 3.05) is 12.8 Å². The number of nitriles is 1. The lowest BCUT2D eigenvalue weighted by atomic mass is 9.90. The molecule has 0 saturated carbocycles. The van der Waals surface area contributed by atoms with E-state index in [1.807, 2.05) is 0 Å². The van der Waals surface area contributed by atoms with Gasteiger partial charge in [0.05, 0.1) is 12.8 Å². The summed E-state index contributed by atoms with van der Waals surface area (Å²) in [6.45, 7) is 0. The van der Waals surface area contributed by atoms with Crippen molar-refractivity contribution < 1.29 is 37.7 Å². The van der Waals surface area contributed by atoms with Crippen molar-refractivity contribution in [1.82, 2.24) is 14.6 Å². The summed E-state index contributed by atoms with van der Waals surface area (Å²) in [6, 6.07) is 4.19. The molecule has 4 N–H and O–H groups in total. The number of carbonyl (C=O) groups excluding carboxylic acids is 1. The molecule has 1 aliphatic rings. The lowest BCUT2D eigenvalue weighted by Gasteiger charge is -2.26. The fourth-order valence-corrected chi connectivity index (χ4v) is 3.22. The smallest absolute Gasteiger partial charge is 0.404 e. The van der Waals surface area contributed by atoms with Crippen LogP contribution in [0.3, 0.4) is 0 Å². The normalized spacial score (nSPS) is 28.8. The van der Waals surface area contributed by atoms with Crippen LogP contribution in [0.4, 0.5) is 19.0 Å². The molecule has 13 heteroatoms. The molecule has 0 amide bonds. The molecule has 1 saturated heterocycles. The minimum Gasteiger partial charge on any atom is -0.468 e. The van der Waals surface area contributed by atoms with Crippen molar-refractivity contribution in [3.8, 4) is 6.07 Å². The number of nitrogens with zero attached hydrogens (tertiary/aromatic N) is 4. The SMILES string of the molecule is COC(=O)C([C@H]1O[C@@](C#N)(c2ccc3c(N)ncnn23)[C@H](O)[C@@H]1O)C(F)(F)F. The Hall–Kier alpha value is -2.95.